The van der Waals surface area contributed by atoms with Gasteiger partial charge >= 0.3 is 15.6 Å². The molecule has 0 aromatic carbocycles. The molecule has 7 rings (SSSR count). The number of H-pyrrole nitrogens is 1. The number of aromatic amines is 1. The average Bonchev–Trinajstić information content (AvgIpc) is 3.72. The van der Waals surface area contributed by atoms with Gasteiger partial charge < -0.3 is 45.1 Å². The summed E-state index contributed by atoms with van der Waals surface area (Å²) < 4.78 is 67.2. The molecule has 23 nitrogen and oxygen atoms in total. The molecule has 7 heterocycles. The van der Waals surface area contributed by atoms with Crippen LogP contribution in [0.2, 0.25) is 0 Å². The lowest BCUT2D eigenvalue weighted by atomic mass is 9.84. The zero-order valence-corrected chi connectivity index (χ0v) is 26.8. The van der Waals surface area contributed by atoms with Crippen LogP contribution in [0.5, 0.6) is 0 Å². The predicted molar refractivity (Wildman–Crippen MR) is 157 cm³/mol. The Hall–Kier alpha value is -3.44. The number of nitrogen functional groups attached to an aromatic ring is 2. The van der Waals surface area contributed by atoms with E-state index in [1.54, 1.807) is 11.5 Å². The molecule has 9 unspecified atom stereocenters. The van der Waals surface area contributed by atoms with Gasteiger partial charge in [-0.15, -0.1) is 0 Å². The van der Waals surface area contributed by atoms with Crippen LogP contribution in [-0.4, -0.2) is 111 Å². The van der Waals surface area contributed by atoms with Crippen molar-refractivity contribution >= 4 is 49.7 Å². The molecule has 0 saturated carbocycles. The number of imidazole rings is 2. The standard InChI is InChI=1S/C23H30N10O13P2/c1-23(9-3-41-13(9)21(45-23)32-7-28-11-16(24)26-6-27-17(11)32)5-43-48(38,39)46-15-14(40-2)10(4-42-47(35,36)37)44-20(15)33-8-29-12-18(33)30-22(25)31-19(12)34/h6-10,13-15,20-21H,3-5H2,1-2H3,(H,38,39)(H2,24,26,27)(H2,35,36,37)(H3,25,30,31,34). The van der Waals surface area contributed by atoms with Crippen LogP contribution in [0.15, 0.2) is 23.8 Å². The number of ether oxygens (including phenoxy) is 4. The molecule has 3 aliphatic heterocycles. The van der Waals surface area contributed by atoms with Crippen molar-refractivity contribution in [1.29, 1.82) is 0 Å². The molecule has 8 N–H and O–H groups in total. The molecular weight excluding hydrogens is 686 g/mol. The summed E-state index contributed by atoms with van der Waals surface area (Å²) in [5.74, 6) is -0.345. The number of methoxy groups -OCH3 is 1. The SMILES string of the molecule is COC1C(COP(=O)(O)O)OC(n2cnc3c(=O)[nH]c(N)nc32)C1OP(=O)(O)OCC1(C)OC(n2cnc3c(N)ncnc32)C2OCC21. The van der Waals surface area contributed by atoms with Crippen LogP contribution in [-0.2, 0) is 41.6 Å². The van der Waals surface area contributed by atoms with Crippen molar-refractivity contribution in [3.63, 3.8) is 0 Å². The summed E-state index contributed by atoms with van der Waals surface area (Å²) in [7, 11) is -8.76. The fourth-order valence-electron chi connectivity index (χ4n) is 6.11. The minimum Gasteiger partial charge on any atom is -0.382 e. The Bertz CT molecular complexity index is 2020. The van der Waals surface area contributed by atoms with E-state index in [0.717, 1.165) is 6.33 Å². The molecular formula is C23H30N10O13P2. The lowest BCUT2D eigenvalue weighted by Crippen LogP contribution is -2.50. The van der Waals surface area contributed by atoms with E-state index in [-0.39, 0.29) is 35.5 Å². The highest BCUT2D eigenvalue weighted by Gasteiger charge is 2.60. The van der Waals surface area contributed by atoms with Crippen LogP contribution in [0.1, 0.15) is 19.4 Å². The number of aromatic nitrogens is 8. The maximum Gasteiger partial charge on any atom is 0.472 e. The van der Waals surface area contributed by atoms with E-state index in [9.17, 15) is 28.6 Å². The van der Waals surface area contributed by atoms with E-state index >= 15 is 0 Å². The molecule has 4 aromatic heterocycles. The van der Waals surface area contributed by atoms with Gasteiger partial charge in [0.15, 0.2) is 35.1 Å². The van der Waals surface area contributed by atoms with Gasteiger partial charge in [-0.05, 0) is 6.92 Å². The molecule has 0 spiro atoms. The summed E-state index contributed by atoms with van der Waals surface area (Å²) in [5, 5.41) is 0. The Morgan fingerprint density at radius 2 is 1.77 bits per heavy atom. The molecule has 9 atom stereocenters. The summed E-state index contributed by atoms with van der Waals surface area (Å²) in [6.07, 6.45) is -2.71. The zero-order chi connectivity index (χ0) is 34.2. The van der Waals surface area contributed by atoms with Gasteiger partial charge in [-0.2, -0.15) is 4.98 Å². The second-order valence-electron chi connectivity index (χ2n) is 11.4. The lowest BCUT2D eigenvalue weighted by molar-refractivity contribution is -0.129. The number of nitrogens with zero attached hydrogens (tertiary/aromatic N) is 7. The molecule has 4 aromatic rings. The third-order valence-corrected chi connectivity index (χ3v) is 9.89. The molecule has 3 saturated heterocycles. The summed E-state index contributed by atoms with van der Waals surface area (Å²) >= 11 is 0. The van der Waals surface area contributed by atoms with Crippen LogP contribution in [0.3, 0.4) is 0 Å². The predicted octanol–water partition coefficient (Wildman–Crippen LogP) is -1.05. The highest BCUT2D eigenvalue weighted by Crippen LogP contribution is 2.54. The quantitative estimate of drug-likeness (QED) is 0.101. The first-order valence-electron chi connectivity index (χ1n) is 14.2. The number of anilines is 2. The molecule has 0 aliphatic carbocycles. The van der Waals surface area contributed by atoms with Crippen molar-refractivity contribution in [2.24, 2.45) is 5.92 Å². The number of hydrogen-bond donors (Lipinski definition) is 6. The molecule has 0 radical (unpaired) electrons. The van der Waals surface area contributed by atoms with E-state index in [1.807, 2.05) is 0 Å². The maximum absolute atomic E-state index is 13.6. The van der Waals surface area contributed by atoms with Gasteiger partial charge in [0, 0.05) is 13.0 Å². The van der Waals surface area contributed by atoms with Gasteiger partial charge in [-0.3, -0.25) is 32.5 Å². The van der Waals surface area contributed by atoms with Crippen molar-refractivity contribution in [3.05, 3.63) is 29.3 Å². The van der Waals surface area contributed by atoms with Gasteiger partial charge in [0.25, 0.3) is 5.56 Å². The van der Waals surface area contributed by atoms with Gasteiger partial charge in [0.05, 0.1) is 38.1 Å². The van der Waals surface area contributed by atoms with Gasteiger partial charge in [-0.1, -0.05) is 0 Å². The molecule has 260 valence electrons. The zero-order valence-electron chi connectivity index (χ0n) is 25.0. The van der Waals surface area contributed by atoms with E-state index in [1.165, 1.54) is 24.3 Å². The van der Waals surface area contributed by atoms with Crippen LogP contribution >= 0.6 is 15.6 Å². The molecule has 48 heavy (non-hydrogen) atoms. The van der Waals surface area contributed by atoms with E-state index < -0.39 is 76.9 Å². The molecule has 3 aliphatic rings. The van der Waals surface area contributed by atoms with Crippen LogP contribution < -0.4 is 17.0 Å². The van der Waals surface area contributed by atoms with E-state index in [4.69, 9.17) is 39.5 Å². The van der Waals surface area contributed by atoms with Crippen molar-refractivity contribution in [2.75, 3.05) is 38.4 Å². The van der Waals surface area contributed by atoms with Crippen molar-refractivity contribution in [2.45, 2.75) is 49.4 Å². The van der Waals surface area contributed by atoms with Gasteiger partial charge in [0.2, 0.25) is 5.95 Å². The normalized spacial score (nSPS) is 31.6. The molecule has 0 amide bonds. The Labute approximate surface area is 268 Å². The largest absolute Gasteiger partial charge is 0.472 e. The smallest absolute Gasteiger partial charge is 0.382 e. The summed E-state index contributed by atoms with van der Waals surface area (Å²) in [6.45, 7) is 0.813. The second kappa shape index (κ2) is 11.9. The number of nitrogens with two attached hydrogens (primary N) is 2. The molecule has 0 bridgehead atoms. The number of fused-ring (bicyclic) bond motifs is 3. The third kappa shape index (κ3) is 5.80. The molecule has 25 heteroatoms. The number of rotatable bonds is 11. The first-order valence-corrected chi connectivity index (χ1v) is 17.2. The first-order chi connectivity index (χ1) is 22.7. The Morgan fingerprint density at radius 3 is 2.46 bits per heavy atom. The van der Waals surface area contributed by atoms with E-state index in [0.29, 0.717) is 11.2 Å². The maximum atomic E-state index is 13.6. The minimum absolute atomic E-state index is 0.0806. The monoisotopic (exact) mass is 716 g/mol. The fourth-order valence-corrected chi connectivity index (χ4v) is 7.46. The Balaban J connectivity index is 1.13. The summed E-state index contributed by atoms with van der Waals surface area (Å²) in [4.78, 5) is 64.8. The molecule has 3 fully saturated rings. The number of hydrogen-bond acceptors (Lipinski definition) is 17. The summed E-state index contributed by atoms with van der Waals surface area (Å²) in [5.41, 5.74) is 10.4. The second-order valence-corrected chi connectivity index (χ2v) is 14.1. The van der Waals surface area contributed by atoms with Crippen LogP contribution in [0, 0.1) is 5.92 Å². The van der Waals surface area contributed by atoms with Gasteiger partial charge in [0.1, 0.15) is 36.3 Å². The van der Waals surface area contributed by atoms with Crippen LogP contribution in [0.4, 0.5) is 11.8 Å². The van der Waals surface area contributed by atoms with Gasteiger partial charge in [-0.25, -0.2) is 29.1 Å². The number of phosphoric ester groups is 2. The first kappa shape index (κ1) is 33.1. The highest BCUT2D eigenvalue weighted by atomic mass is 31.2. The van der Waals surface area contributed by atoms with Crippen molar-refractivity contribution in [3.8, 4) is 0 Å². The fraction of sp³-hybridized carbons (Fsp3) is 0.565. The van der Waals surface area contributed by atoms with Crippen molar-refractivity contribution in [1.82, 2.24) is 39.0 Å². The number of phosphoric acid groups is 2. The Morgan fingerprint density at radius 1 is 1.04 bits per heavy atom. The highest BCUT2D eigenvalue weighted by molar-refractivity contribution is 7.47. The summed E-state index contributed by atoms with van der Waals surface area (Å²) in [6, 6.07) is 0. The third-order valence-electron chi connectivity index (χ3n) is 8.44. The minimum atomic E-state index is -5.01. The Kier molecular flexibility index (Phi) is 8.17. The van der Waals surface area contributed by atoms with E-state index in [2.05, 4.69) is 34.4 Å². The number of nitrogens with one attached hydrogen (secondary N) is 1. The average molecular weight is 716 g/mol. The topological polar surface area (TPSA) is 319 Å². The lowest BCUT2D eigenvalue weighted by Gasteiger charge is -2.38. The van der Waals surface area contributed by atoms with Crippen LogP contribution in [0.25, 0.3) is 22.3 Å². The van der Waals surface area contributed by atoms with Crippen molar-refractivity contribution < 1.29 is 56.3 Å².